The molecule has 50 valence electrons. The molecular formula is C7H11NO. The summed E-state index contributed by atoms with van der Waals surface area (Å²) in [5.41, 5.74) is 1.15. The van der Waals surface area contributed by atoms with Crippen molar-refractivity contribution in [1.82, 2.24) is 5.06 Å². The van der Waals surface area contributed by atoms with Crippen molar-refractivity contribution in [3.05, 3.63) is 23.9 Å². The third kappa shape index (κ3) is 1.33. The Morgan fingerprint density at radius 3 is 2.89 bits per heavy atom. The summed E-state index contributed by atoms with van der Waals surface area (Å²) in [6.07, 6.45) is 6.11. The first kappa shape index (κ1) is 6.36. The van der Waals surface area contributed by atoms with Crippen LogP contribution in [0.2, 0.25) is 0 Å². The zero-order chi connectivity index (χ0) is 6.69. The van der Waals surface area contributed by atoms with Crippen LogP contribution in [0.25, 0.3) is 0 Å². The van der Waals surface area contributed by atoms with Crippen molar-refractivity contribution in [2.45, 2.75) is 6.92 Å². The molecule has 2 heteroatoms. The molecule has 0 saturated carbocycles. The highest BCUT2D eigenvalue weighted by atomic mass is 16.7. The van der Waals surface area contributed by atoms with Gasteiger partial charge in [0.05, 0.1) is 13.7 Å². The van der Waals surface area contributed by atoms with Crippen molar-refractivity contribution < 1.29 is 4.84 Å². The molecule has 0 saturated heterocycles. The molecule has 0 atom stereocenters. The third-order valence-electron chi connectivity index (χ3n) is 1.36. The van der Waals surface area contributed by atoms with Crippen LogP contribution in [-0.2, 0) is 4.84 Å². The lowest BCUT2D eigenvalue weighted by molar-refractivity contribution is -0.0915. The topological polar surface area (TPSA) is 12.5 Å². The molecule has 0 bridgehead atoms. The van der Waals surface area contributed by atoms with Gasteiger partial charge in [0.2, 0.25) is 0 Å². The largest absolute Gasteiger partial charge is 0.277 e. The van der Waals surface area contributed by atoms with Crippen molar-refractivity contribution in [1.29, 1.82) is 0 Å². The van der Waals surface area contributed by atoms with Crippen LogP contribution in [0.5, 0.6) is 0 Å². The lowest BCUT2D eigenvalue weighted by Gasteiger charge is -2.22. The first-order chi connectivity index (χ1) is 4.34. The Morgan fingerprint density at radius 1 is 1.67 bits per heavy atom. The minimum Gasteiger partial charge on any atom is -0.277 e. The Hall–Kier alpha value is -0.760. The second-order valence-electron chi connectivity index (χ2n) is 1.98. The zero-order valence-electron chi connectivity index (χ0n) is 5.79. The predicted octanol–water partition coefficient (Wildman–Crippen LogP) is 1.32. The molecule has 0 amide bonds. The Morgan fingerprint density at radius 2 is 2.44 bits per heavy atom. The van der Waals surface area contributed by atoms with E-state index in [1.54, 1.807) is 7.11 Å². The molecule has 9 heavy (non-hydrogen) atoms. The number of allylic oxidation sites excluding steroid dienone is 3. The minimum atomic E-state index is 0.860. The van der Waals surface area contributed by atoms with E-state index in [1.165, 1.54) is 0 Å². The highest BCUT2D eigenvalue weighted by molar-refractivity contribution is 5.13. The fraction of sp³-hybridized carbons (Fsp3) is 0.429. The van der Waals surface area contributed by atoms with Gasteiger partial charge < -0.3 is 0 Å². The maximum atomic E-state index is 5.02. The van der Waals surface area contributed by atoms with Gasteiger partial charge in [-0.15, -0.1) is 0 Å². The molecule has 0 aliphatic carbocycles. The summed E-state index contributed by atoms with van der Waals surface area (Å²) < 4.78 is 0. The van der Waals surface area contributed by atoms with Crippen molar-refractivity contribution in [3.63, 3.8) is 0 Å². The van der Waals surface area contributed by atoms with E-state index >= 15 is 0 Å². The standard InChI is InChI=1S/C7H11NO/c1-7-5-3-4-6-8(7)9-2/h3-5H,6H2,1-2H3. The van der Waals surface area contributed by atoms with E-state index in [2.05, 4.69) is 6.08 Å². The van der Waals surface area contributed by atoms with E-state index < -0.39 is 0 Å². The molecule has 0 aromatic carbocycles. The third-order valence-corrected chi connectivity index (χ3v) is 1.36. The average Bonchev–Trinajstić information content (AvgIpc) is 1.89. The Balaban J connectivity index is 2.59. The molecule has 1 aliphatic rings. The summed E-state index contributed by atoms with van der Waals surface area (Å²) >= 11 is 0. The van der Waals surface area contributed by atoms with Gasteiger partial charge in [-0.25, -0.2) is 0 Å². The van der Waals surface area contributed by atoms with Crippen LogP contribution in [-0.4, -0.2) is 18.7 Å². The average molecular weight is 125 g/mol. The smallest absolute Gasteiger partial charge is 0.0639 e. The van der Waals surface area contributed by atoms with E-state index in [4.69, 9.17) is 4.84 Å². The molecular weight excluding hydrogens is 114 g/mol. The van der Waals surface area contributed by atoms with Gasteiger partial charge in [0.25, 0.3) is 0 Å². The van der Waals surface area contributed by atoms with Gasteiger partial charge in [-0.05, 0) is 13.0 Å². The van der Waals surface area contributed by atoms with Gasteiger partial charge in [0, 0.05) is 5.70 Å². The van der Waals surface area contributed by atoms with Crippen molar-refractivity contribution >= 4 is 0 Å². The first-order valence-electron chi connectivity index (χ1n) is 2.99. The molecule has 0 fully saturated rings. The fourth-order valence-electron chi connectivity index (χ4n) is 0.810. The molecule has 0 aromatic rings. The zero-order valence-corrected chi connectivity index (χ0v) is 5.79. The molecule has 2 nitrogen and oxygen atoms in total. The van der Waals surface area contributed by atoms with Crippen molar-refractivity contribution in [2.24, 2.45) is 0 Å². The van der Waals surface area contributed by atoms with Crippen LogP contribution < -0.4 is 0 Å². The minimum absolute atomic E-state index is 0.860. The highest BCUT2D eigenvalue weighted by Crippen LogP contribution is 2.07. The molecule has 0 unspecified atom stereocenters. The molecule has 1 heterocycles. The number of hydrogen-bond acceptors (Lipinski definition) is 2. The van der Waals surface area contributed by atoms with Crippen molar-refractivity contribution in [2.75, 3.05) is 13.7 Å². The Kier molecular flexibility index (Phi) is 1.90. The quantitative estimate of drug-likeness (QED) is 0.524. The second-order valence-corrected chi connectivity index (χ2v) is 1.98. The van der Waals surface area contributed by atoms with Crippen LogP contribution in [0, 0.1) is 0 Å². The van der Waals surface area contributed by atoms with E-state index in [9.17, 15) is 0 Å². The Labute approximate surface area is 55.4 Å². The van der Waals surface area contributed by atoms with Crippen LogP contribution in [0.15, 0.2) is 23.9 Å². The lowest BCUT2D eigenvalue weighted by atomic mass is 10.3. The first-order valence-corrected chi connectivity index (χ1v) is 2.99. The maximum Gasteiger partial charge on any atom is 0.0639 e. The molecule has 0 spiro atoms. The summed E-state index contributed by atoms with van der Waals surface area (Å²) in [5.74, 6) is 0. The van der Waals surface area contributed by atoms with Gasteiger partial charge >= 0.3 is 0 Å². The number of rotatable bonds is 1. The van der Waals surface area contributed by atoms with E-state index in [1.807, 2.05) is 24.1 Å². The molecule has 0 N–H and O–H groups in total. The lowest BCUT2D eigenvalue weighted by Crippen LogP contribution is -2.21. The number of hydrogen-bond donors (Lipinski definition) is 0. The van der Waals surface area contributed by atoms with E-state index in [-0.39, 0.29) is 0 Å². The molecule has 0 radical (unpaired) electrons. The summed E-state index contributed by atoms with van der Waals surface area (Å²) in [4.78, 5) is 5.02. The van der Waals surface area contributed by atoms with Crippen LogP contribution in [0.4, 0.5) is 0 Å². The monoisotopic (exact) mass is 125 g/mol. The predicted molar refractivity (Wildman–Crippen MR) is 36.6 cm³/mol. The summed E-state index contributed by atoms with van der Waals surface area (Å²) in [6.45, 7) is 2.88. The number of hydroxylamine groups is 2. The van der Waals surface area contributed by atoms with Crippen LogP contribution in [0.1, 0.15) is 6.92 Å². The maximum absolute atomic E-state index is 5.02. The molecule has 1 aliphatic heterocycles. The molecule has 1 rings (SSSR count). The van der Waals surface area contributed by atoms with Gasteiger partial charge in [-0.2, -0.15) is 0 Å². The van der Waals surface area contributed by atoms with Gasteiger partial charge in [-0.1, -0.05) is 12.2 Å². The molecule has 0 aromatic heterocycles. The summed E-state index contributed by atoms with van der Waals surface area (Å²) in [7, 11) is 1.68. The SMILES string of the molecule is CON1CC=CC=C1C. The van der Waals surface area contributed by atoms with Crippen molar-refractivity contribution in [3.8, 4) is 0 Å². The van der Waals surface area contributed by atoms with Crippen LogP contribution in [0.3, 0.4) is 0 Å². The second kappa shape index (κ2) is 2.69. The fourth-order valence-corrected chi connectivity index (χ4v) is 0.810. The van der Waals surface area contributed by atoms with E-state index in [0.717, 1.165) is 12.2 Å². The number of nitrogens with zero attached hydrogens (tertiary/aromatic N) is 1. The highest BCUT2D eigenvalue weighted by Gasteiger charge is 2.02. The normalized spacial score (nSPS) is 18.0. The summed E-state index contributed by atoms with van der Waals surface area (Å²) in [5, 5.41) is 1.83. The van der Waals surface area contributed by atoms with Crippen LogP contribution >= 0.6 is 0 Å². The summed E-state index contributed by atoms with van der Waals surface area (Å²) in [6, 6.07) is 0. The van der Waals surface area contributed by atoms with Gasteiger partial charge in [0.15, 0.2) is 0 Å². The van der Waals surface area contributed by atoms with Gasteiger partial charge in [-0.3, -0.25) is 9.90 Å². The Bertz CT molecular complexity index is 149. The van der Waals surface area contributed by atoms with E-state index in [0.29, 0.717) is 0 Å². The van der Waals surface area contributed by atoms with Gasteiger partial charge in [0.1, 0.15) is 0 Å².